The Balaban J connectivity index is 1.63. The van der Waals surface area contributed by atoms with Gasteiger partial charge in [0.2, 0.25) is 0 Å². The fourth-order valence-corrected chi connectivity index (χ4v) is 2.71. The Morgan fingerprint density at radius 3 is 2.82 bits per heavy atom. The second-order valence-electron chi connectivity index (χ2n) is 5.36. The largest absolute Gasteiger partial charge is 0.508 e. The van der Waals surface area contributed by atoms with E-state index < -0.39 is 0 Å². The van der Waals surface area contributed by atoms with Gasteiger partial charge in [0.15, 0.2) is 0 Å². The smallest absolute Gasteiger partial charge is 0.115 e. The molecular formula is C14H20N2O. The van der Waals surface area contributed by atoms with Gasteiger partial charge in [0.05, 0.1) is 0 Å². The molecule has 17 heavy (non-hydrogen) atoms. The number of hydrogen-bond donors (Lipinski definition) is 2. The number of phenolic OH excluding ortho intramolecular Hbond substituents is 1. The molecule has 1 aliphatic carbocycles. The molecule has 1 aromatic carbocycles. The predicted octanol–water partition coefficient (Wildman–Crippen LogP) is 2.35. The minimum Gasteiger partial charge on any atom is -0.508 e. The van der Waals surface area contributed by atoms with Crippen LogP contribution < -0.4 is 5.32 Å². The Labute approximate surface area is 102 Å². The maximum absolute atomic E-state index is 9.39. The van der Waals surface area contributed by atoms with E-state index in [-0.39, 0.29) is 0 Å². The van der Waals surface area contributed by atoms with Crippen LogP contribution in [0.5, 0.6) is 5.75 Å². The number of aryl methyl sites for hydroxylation is 1. The molecule has 2 aliphatic rings. The molecule has 2 N–H and O–H groups in total. The molecule has 1 saturated heterocycles. The van der Waals surface area contributed by atoms with Gasteiger partial charge in [-0.2, -0.15) is 0 Å². The molecule has 0 radical (unpaired) electrons. The quantitative estimate of drug-likeness (QED) is 0.785. The fourth-order valence-electron chi connectivity index (χ4n) is 2.71. The van der Waals surface area contributed by atoms with Crippen LogP contribution in [-0.2, 0) is 0 Å². The molecule has 3 heteroatoms. The van der Waals surface area contributed by atoms with Crippen molar-refractivity contribution in [1.29, 1.82) is 0 Å². The summed E-state index contributed by atoms with van der Waals surface area (Å²) >= 11 is 0. The minimum absolute atomic E-state index is 0.346. The van der Waals surface area contributed by atoms with Crippen molar-refractivity contribution >= 4 is 5.69 Å². The first-order chi connectivity index (χ1) is 8.22. The summed E-state index contributed by atoms with van der Waals surface area (Å²) in [5.41, 5.74) is 2.28. The Kier molecular flexibility index (Phi) is 2.71. The first kappa shape index (κ1) is 10.9. The molecule has 1 aromatic rings. The van der Waals surface area contributed by atoms with Gasteiger partial charge in [-0.1, -0.05) is 0 Å². The summed E-state index contributed by atoms with van der Waals surface area (Å²) in [6.07, 6.45) is 4.02. The topological polar surface area (TPSA) is 35.5 Å². The van der Waals surface area contributed by atoms with Gasteiger partial charge in [-0.05, 0) is 49.9 Å². The van der Waals surface area contributed by atoms with Gasteiger partial charge in [0.25, 0.3) is 0 Å². The third kappa shape index (κ3) is 2.39. The minimum atomic E-state index is 0.346. The van der Waals surface area contributed by atoms with E-state index in [0.717, 1.165) is 17.3 Å². The summed E-state index contributed by atoms with van der Waals surface area (Å²) in [6.45, 7) is 4.44. The molecule has 3 nitrogen and oxygen atoms in total. The van der Waals surface area contributed by atoms with Crippen LogP contribution in [0.1, 0.15) is 24.8 Å². The summed E-state index contributed by atoms with van der Waals surface area (Å²) in [5.74, 6) is 0.346. The van der Waals surface area contributed by atoms with Gasteiger partial charge in [-0.25, -0.2) is 0 Å². The molecule has 1 atom stereocenters. The van der Waals surface area contributed by atoms with Crippen LogP contribution >= 0.6 is 0 Å². The predicted molar refractivity (Wildman–Crippen MR) is 69.5 cm³/mol. The van der Waals surface area contributed by atoms with Crippen molar-refractivity contribution in [3.8, 4) is 5.75 Å². The van der Waals surface area contributed by atoms with Crippen molar-refractivity contribution in [2.75, 3.05) is 18.4 Å². The van der Waals surface area contributed by atoms with Gasteiger partial charge in [-0.15, -0.1) is 0 Å². The second kappa shape index (κ2) is 4.22. The van der Waals surface area contributed by atoms with Gasteiger partial charge < -0.3 is 10.4 Å². The summed E-state index contributed by atoms with van der Waals surface area (Å²) in [7, 11) is 0. The van der Waals surface area contributed by atoms with Crippen LogP contribution in [0.25, 0.3) is 0 Å². The summed E-state index contributed by atoms with van der Waals surface area (Å²) < 4.78 is 0. The van der Waals surface area contributed by atoms with Crippen molar-refractivity contribution < 1.29 is 5.11 Å². The van der Waals surface area contributed by atoms with E-state index in [2.05, 4.69) is 10.2 Å². The highest BCUT2D eigenvalue weighted by Crippen LogP contribution is 2.31. The number of nitrogens with one attached hydrogen (secondary N) is 1. The maximum atomic E-state index is 9.39. The molecule has 3 rings (SSSR count). The lowest BCUT2D eigenvalue weighted by Crippen LogP contribution is -2.27. The van der Waals surface area contributed by atoms with Gasteiger partial charge in [0.1, 0.15) is 5.75 Å². The average molecular weight is 232 g/mol. The van der Waals surface area contributed by atoms with E-state index in [0.29, 0.717) is 11.8 Å². The van der Waals surface area contributed by atoms with Crippen LogP contribution in [0.3, 0.4) is 0 Å². The molecule has 92 valence electrons. The van der Waals surface area contributed by atoms with Crippen LogP contribution in [0.2, 0.25) is 0 Å². The number of hydrogen-bond acceptors (Lipinski definition) is 3. The Morgan fingerprint density at radius 1 is 1.29 bits per heavy atom. The first-order valence-corrected chi connectivity index (χ1v) is 6.52. The summed E-state index contributed by atoms with van der Waals surface area (Å²) in [5, 5.41) is 13.0. The number of aromatic hydroxyl groups is 1. The standard InChI is InChI=1S/C14H20N2O/c1-10-8-13(17)4-5-14(10)15-11-6-7-16(9-11)12-2-3-12/h4-5,8,11-12,15,17H,2-3,6-7,9H2,1H3. The molecule has 2 fully saturated rings. The van der Waals surface area contributed by atoms with Gasteiger partial charge in [0, 0.05) is 30.9 Å². The average Bonchev–Trinajstić information content (AvgIpc) is 3.04. The molecule has 0 aromatic heterocycles. The van der Waals surface area contributed by atoms with Gasteiger partial charge in [-0.3, -0.25) is 4.90 Å². The summed E-state index contributed by atoms with van der Waals surface area (Å²) in [4.78, 5) is 2.60. The van der Waals surface area contributed by atoms with E-state index in [9.17, 15) is 5.11 Å². The van der Waals surface area contributed by atoms with Crippen molar-refractivity contribution in [3.05, 3.63) is 23.8 Å². The normalized spacial score (nSPS) is 25.1. The Morgan fingerprint density at radius 2 is 2.12 bits per heavy atom. The molecular weight excluding hydrogens is 212 g/mol. The zero-order valence-corrected chi connectivity index (χ0v) is 10.3. The zero-order valence-electron chi connectivity index (χ0n) is 10.3. The van der Waals surface area contributed by atoms with Crippen LogP contribution in [-0.4, -0.2) is 35.2 Å². The number of likely N-dealkylation sites (tertiary alicyclic amines) is 1. The third-order valence-corrected chi connectivity index (χ3v) is 3.85. The van der Waals surface area contributed by atoms with E-state index in [1.54, 1.807) is 6.07 Å². The lowest BCUT2D eigenvalue weighted by molar-refractivity contribution is 0.326. The van der Waals surface area contributed by atoms with Crippen LogP contribution in [0.4, 0.5) is 5.69 Å². The van der Waals surface area contributed by atoms with Crippen molar-refractivity contribution in [1.82, 2.24) is 4.90 Å². The molecule has 0 spiro atoms. The number of anilines is 1. The third-order valence-electron chi connectivity index (χ3n) is 3.85. The van der Waals surface area contributed by atoms with Crippen LogP contribution in [0, 0.1) is 6.92 Å². The summed E-state index contributed by atoms with van der Waals surface area (Å²) in [6, 6.07) is 6.99. The van der Waals surface area contributed by atoms with Crippen molar-refractivity contribution in [2.45, 2.75) is 38.3 Å². The fraction of sp³-hybridized carbons (Fsp3) is 0.571. The Hall–Kier alpha value is -1.22. The maximum Gasteiger partial charge on any atom is 0.115 e. The highest BCUT2D eigenvalue weighted by molar-refractivity contribution is 5.54. The monoisotopic (exact) mass is 232 g/mol. The molecule has 0 amide bonds. The number of phenols is 1. The van der Waals surface area contributed by atoms with E-state index in [1.807, 2.05) is 19.1 Å². The molecule has 1 unspecified atom stereocenters. The van der Waals surface area contributed by atoms with Gasteiger partial charge >= 0.3 is 0 Å². The van der Waals surface area contributed by atoms with E-state index >= 15 is 0 Å². The Bertz CT molecular complexity index is 415. The molecule has 0 bridgehead atoms. The molecule has 1 saturated carbocycles. The molecule has 1 heterocycles. The molecule has 1 aliphatic heterocycles. The SMILES string of the molecule is Cc1cc(O)ccc1NC1CCN(C2CC2)C1. The highest BCUT2D eigenvalue weighted by Gasteiger charge is 2.34. The highest BCUT2D eigenvalue weighted by atomic mass is 16.3. The lowest BCUT2D eigenvalue weighted by atomic mass is 10.1. The number of nitrogens with zero attached hydrogens (tertiary/aromatic N) is 1. The number of rotatable bonds is 3. The zero-order chi connectivity index (χ0) is 11.8. The van der Waals surface area contributed by atoms with Crippen LogP contribution in [0.15, 0.2) is 18.2 Å². The van der Waals surface area contributed by atoms with Crippen molar-refractivity contribution in [2.24, 2.45) is 0 Å². The first-order valence-electron chi connectivity index (χ1n) is 6.52. The lowest BCUT2D eigenvalue weighted by Gasteiger charge is -2.18. The van der Waals surface area contributed by atoms with E-state index in [1.165, 1.54) is 32.4 Å². The second-order valence-corrected chi connectivity index (χ2v) is 5.36. The van der Waals surface area contributed by atoms with Crippen molar-refractivity contribution in [3.63, 3.8) is 0 Å². The van der Waals surface area contributed by atoms with E-state index in [4.69, 9.17) is 0 Å². The number of benzene rings is 1.